The molecule has 1 unspecified atom stereocenters. The molecule has 0 saturated heterocycles. The number of Topliss-reactive ketones (excluding diaryl/α,β-unsaturated/α-hetero) is 1. The minimum Gasteiger partial charge on any atom is -0.503 e. The lowest BCUT2D eigenvalue weighted by Crippen LogP contribution is -2.31. The molecule has 1 amide bonds. The molecule has 12 heteroatoms. The minimum absolute atomic E-state index is 0.0892. The van der Waals surface area contributed by atoms with Gasteiger partial charge < -0.3 is 28.5 Å². The zero-order valence-corrected chi connectivity index (χ0v) is 23.7. The number of amides is 1. The normalized spacial score (nSPS) is 15.0. The number of esters is 1. The largest absolute Gasteiger partial charge is 0.503 e. The van der Waals surface area contributed by atoms with Gasteiger partial charge in [0.05, 0.1) is 45.2 Å². The first kappa shape index (κ1) is 27.7. The number of hydrogen-bond acceptors (Lipinski definition) is 11. The molecule has 0 saturated carbocycles. The number of fused-ring (bicyclic) bond motifs is 1. The smallest absolute Gasteiger partial charge is 0.350 e. The van der Waals surface area contributed by atoms with Crippen molar-refractivity contribution in [1.82, 2.24) is 4.98 Å². The molecule has 11 nitrogen and oxygen atoms in total. The Bertz CT molecular complexity index is 1720. The summed E-state index contributed by atoms with van der Waals surface area (Å²) in [4.78, 5) is 45.7. The molecular formula is C29H26N2O9S. The standard InChI is InChI=1S/C29H26N2O9S/c1-6-39-17-11-10-15(12-19(17)37-4)22-21(23(32)20-13-16-8-7-9-18(36-3)25(16)40-20)24(33)27(34)31(22)29-30-14(2)26(41-29)28(35)38-5/h7-13,22,33H,6H2,1-5H3. The van der Waals surface area contributed by atoms with Crippen LogP contribution >= 0.6 is 11.3 Å². The number of methoxy groups -OCH3 is 3. The molecule has 0 radical (unpaired) electrons. The van der Waals surface area contributed by atoms with Gasteiger partial charge in [-0.1, -0.05) is 29.5 Å². The number of aliphatic hydroxyl groups is 1. The van der Waals surface area contributed by atoms with Gasteiger partial charge in [-0.3, -0.25) is 14.5 Å². The summed E-state index contributed by atoms with van der Waals surface area (Å²) in [5.41, 5.74) is 0.868. The number of thiazole rings is 1. The van der Waals surface area contributed by atoms with Crippen molar-refractivity contribution in [3.05, 3.63) is 75.7 Å². The van der Waals surface area contributed by atoms with Crippen LogP contribution in [-0.4, -0.2) is 55.7 Å². The predicted octanol–water partition coefficient (Wildman–Crippen LogP) is 5.18. The maximum absolute atomic E-state index is 14.0. The summed E-state index contributed by atoms with van der Waals surface area (Å²) in [5, 5.41) is 11.8. The van der Waals surface area contributed by atoms with Crippen LogP contribution in [0.2, 0.25) is 0 Å². The average molecular weight is 579 g/mol. The highest BCUT2D eigenvalue weighted by Gasteiger charge is 2.47. The lowest BCUT2D eigenvalue weighted by Gasteiger charge is -2.25. The molecule has 2 aromatic carbocycles. The van der Waals surface area contributed by atoms with Crippen LogP contribution in [0, 0.1) is 6.92 Å². The quantitative estimate of drug-likeness (QED) is 0.209. The number of carbonyl (C=O) groups is 3. The lowest BCUT2D eigenvalue weighted by molar-refractivity contribution is -0.117. The van der Waals surface area contributed by atoms with Gasteiger partial charge in [-0.05, 0) is 43.7 Å². The van der Waals surface area contributed by atoms with E-state index in [4.69, 9.17) is 23.4 Å². The van der Waals surface area contributed by atoms with E-state index in [2.05, 4.69) is 4.98 Å². The Morgan fingerprint density at radius 3 is 2.51 bits per heavy atom. The van der Waals surface area contributed by atoms with Gasteiger partial charge in [0.1, 0.15) is 4.88 Å². The minimum atomic E-state index is -1.15. The molecule has 5 rings (SSSR count). The summed E-state index contributed by atoms with van der Waals surface area (Å²) >= 11 is 0.908. The third-order valence-corrected chi connectivity index (χ3v) is 7.71. The van der Waals surface area contributed by atoms with E-state index in [0.717, 1.165) is 11.3 Å². The van der Waals surface area contributed by atoms with Crippen LogP contribution in [0.4, 0.5) is 5.13 Å². The van der Waals surface area contributed by atoms with Crippen LogP contribution in [0.3, 0.4) is 0 Å². The van der Waals surface area contributed by atoms with Gasteiger partial charge >= 0.3 is 5.97 Å². The Hall–Kier alpha value is -4.84. The van der Waals surface area contributed by atoms with Crippen molar-refractivity contribution in [3.8, 4) is 17.2 Å². The van der Waals surface area contributed by atoms with E-state index in [1.165, 1.54) is 32.3 Å². The first-order valence-electron chi connectivity index (χ1n) is 12.5. The molecule has 3 heterocycles. The molecule has 1 atom stereocenters. The monoisotopic (exact) mass is 578 g/mol. The Kier molecular flexibility index (Phi) is 7.41. The van der Waals surface area contributed by atoms with Gasteiger partial charge in [0, 0.05) is 5.39 Å². The van der Waals surface area contributed by atoms with Gasteiger partial charge in [-0.2, -0.15) is 0 Å². The molecule has 2 aromatic heterocycles. The summed E-state index contributed by atoms with van der Waals surface area (Å²) < 4.78 is 27.2. The predicted molar refractivity (Wildman–Crippen MR) is 149 cm³/mol. The van der Waals surface area contributed by atoms with Crippen molar-refractivity contribution in [3.63, 3.8) is 0 Å². The number of hydrogen-bond donors (Lipinski definition) is 1. The summed E-state index contributed by atoms with van der Waals surface area (Å²) in [7, 11) is 4.19. The zero-order valence-electron chi connectivity index (χ0n) is 22.8. The second-order valence-corrected chi connectivity index (χ2v) is 9.88. The van der Waals surface area contributed by atoms with Gasteiger partial charge in [-0.15, -0.1) is 0 Å². The van der Waals surface area contributed by atoms with E-state index < -0.39 is 29.5 Å². The number of anilines is 1. The molecule has 0 bridgehead atoms. The maximum Gasteiger partial charge on any atom is 0.350 e. The van der Waals surface area contributed by atoms with Crippen molar-refractivity contribution < 1.29 is 42.9 Å². The van der Waals surface area contributed by atoms with Gasteiger partial charge in [-0.25, -0.2) is 9.78 Å². The van der Waals surface area contributed by atoms with Crippen molar-refractivity contribution in [2.45, 2.75) is 19.9 Å². The number of aliphatic hydroxyl groups excluding tert-OH is 1. The van der Waals surface area contributed by atoms with E-state index in [1.54, 1.807) is 43.3 Å². The van der Waals surface area contributed by atoms with E-state index in [0.29, 0.717) is 46.1 Å². The van der Waals surface area contributed by atoms with Crippen LogP contribution in [0.25, 0.3) is 11.0 Å². The van der Waals surface area contributed by atoms with Crippen LogP contribution < -0.4 is 19.1 Å². The second-order valence-electron chi connectivity index (χ2n) is 8.90. The fourth-order valence-electron chi connectivity index (χ4n) is 4.69. The van der Waals surface area contributed by atoms with Crippen LogP contribution in [0.5, 0.6) is 17.2 Å². The maximum atomic E-state index is 14.0. The SMILES string of the molecule is CCOc1ccc(C2C(C(=O)c3cc4cccc(OC)c4o3)=C(O)C(=O)N2c2nc(C)c(C(=O)OC)s2)cc1OC. The zero-order chi connectivity index (χ0) is 29.4. The van der Waals surface area contributed by atoms with E-state index in [1.807, 2.05) is 6.92 Å². The molecule has 4 aromatic rings. The average Bonchev–Trinajstić information content (AvgIpc) is 3.66. The first-order chi connectivity index (χ1) is 19.7. The first-order valence-corrected chi connectivity index (χ1v) is 13.3. The Labute approximate surface area is 238 Å². The molecule has 0 spiro atoms. The van der Waals surface area contributed by atoms with Crippen molar-refractivity contribution in [2.75, 3.05) is 32.8 Å². The topological polar surface area (TPSA) is 138 Å². The lowest BCUT2D eigenvalue weighted by atomic mass is 9.95. The Balaban J connectivity index is 1.68. The van der Waals surface area contributed by atoms with Crippen molar-refractivity contribution in [2.24, 2.45) is 0 Å². The number of furan rings is 1. The second kappa shape index (κ2) is 11.0. The van der Waals surface area contributed by atoms with Crippen LogP contribution in [0.15, 0.2) is 58.2 Å². The molecule has 1 N–H and O–H groups in total. The highest BCUT2D eigenvalue weighted by molar-refractivity contribution is 7.17. The number of aryl methyl sites for hydroxylation is 1. The van der Waals surface area contributed by atoms with Crippen LogP contribution in [-0.2, 0) is 9.53 Å². The summed E-state index contributed by atoms with van der Waals surface area (Å²) in [6.07, 6.45) is 0. The summed E-state index contributed by atoms with van der Waals surface area (Å²) in [6.45, 7) is 3.82. The highest BCUT2D eigenvalue weighted by atomic mass is 32.1. The summed E-state index contributed by atoms with van der Waals surface area (Å²) in [6, 6.07) is 10.5. The number of carbonyl (C=O) groups excluding carboxylic acids is 3. The number of ether oxygens (including phenoxy) is 4. The third kappa shape index (κ3) is 4.65. The molecular weight excluding hydrogens is 552 g/mol. The molecule has 0 fully saturated rings. The van der Waals surface area contributed by atoms with Crippen molar-refractivity contribution in [1.29, 1.82) is 0 Å². The highest BCUT2D eigenvalue weighted by Crippen LogP contribution is 2.46. The molecule has 0 aliphatic carbocycles. The molecule has 41 heavy (non-hydrogen) atoms. The number of aromatic nitrogens is 1. The Morgan fingerprint density at radius 2 is 1.83 bits per heavy atom. The number of ketones is 1. The van der Waals surface area contributed by atoms with E-state index >= 15 is 0 Å². The van der Waals surface area contributed by atoms with E-state index in [-0.39, 0.29) is 21.3 Å². The van der Waals surface area contributed by atoms with Crippen LogP contribution in [0.1, 0.15) is 44.4 Å². The van der Waals surface area contributed by atoms with Gasteiger partial charge in [0.15, 0.2) is 39.5 Å². The fourth-order valence-corrected chi connectivity index (χ4v) is 5.70. The molecule has 1 aliphatic heterocycles. The molecule has 212 valence electrons. The third-order valence-electron chi connectivity index (χ3n) is 6.57. The number of rotatable bonds is 9. The van der Waals surface area contributed by atoms with Gasteiger partial charge in [0.25, 0.3) is 5.91 Å². The van der Waals surface area contributed by atoms with Crippen molar-refractivity contribution >= 4 is 45.1 Å². The summed E-state index contributed by atoms with van der Waals surface area (Å²) in [5.74, 6) is -1.85. The van der Waals surface area contributed by atoms with Gasteiger partial charge in [0.2, 0.25) is 5.78 Å². The number of nitrogens with zero attached hydrogens (tertiary/aromatic N) is 2. The Morgan fingerprint density at radius 1 is 1.07 bits per heavy atom. The number of benzene rings is 2. The van der Waals surface area contributed by atoms with E-state index in [9.17, 15) is 19.5 Å². The fraction of sp³-hybridized carbons (Fsp3) is 0.241. The molecule has 1 aliphatic rings. The number of para-hydroxylation sites is 1.